The minimum Gasteiger partial charge on any atom is -0.493 e. The molecule has 190 valence electrons. The summed E-state index contributed by atoms with van der Waals surface area (Å²) in [6, 6.07) is 37.1. The Hall–Kier alpha value is -4.89. The van der Waals surface area contributed by atoms with Gasteiger partial charge >= 0.3 is 0 Å². The lowest BCUT2D eigenvalue weighted by molar-refractivity contribution is -0.130. The summed E-state index contributed by atoms with van der Waals surface area (Å²) in [5.41, 5.74) is 10.4. The summed E-state index contributed by atoms with van der Waals surface area (Å²) in [7, 11) is 1.58. The lowest BCUT2D eigenvalue weighted by Crippen LogP contribution is -2.44. The Kier molecular flexibility index (Phi) is 8.88. The van der Waals surface area contributed by atoms with Crippen LogP contribution in [0.3, 0.4) is 0 Å². The molecule has 0 saturated carbocycles. The quantitative estimate of drug-likeness (QED) is 0.284. The summed E-state index contributed by atoms with van der Waals surface area (Å²) in [5, 5.41) is 9.23. The van der Waals surface area contributed by atoms with Crippen molar-refractivity contribution in [2.45, 2.75) is 18.9 Å². The predicted molar refractivity (Wildman–Crippen MR) is 150 cm³/mol. The van der Waals surface area contributed by atoms with Crippen molar-refractivity contribution in [2.24, 2.45) is 10.7 Å². The molecule has 1 aliphatic heterocycles. The van der Waals surface area contributed by atoms with Crippen molar-refractivity contribution in [3.63, 3.8) is 0 Å². The van der Waals surface area contributed by atoms with Crippen LogP contribution in [0.2, 0.25) is 0 Å². The van der Waals surface area contributed by atoms with Gasteiger partial charge in [0.15, 0.2) is 5.96 Å². The molecule has 38 heavy (non-hydrogen) atoms. The monoisotopic (exact) mass is 502 g/mol. The van der Waals surface area contributed by atoms with E-state index in [2.05, 4.69) is 11.1 Å². The highest BCUT2D eigenvalue weighted by Gasteiger charge is 2.33. The van der Waals surface area contributed by atoms with Crippen molar-refractivity contribution in [3.8, 4) is 22.9 Å². The molecule has 2 N–H and O–H groups in total. The van der Waals surface area contributed by atoms with E-state index >= 15 is 0 Å². The molecule has 0 radical (unpaired) electrons. The van der Waals surface area contributed by atoms with Gasteiger partial charge in [-0.25, -0.2) is 0 Å². The van der Waals surface area contributed by atoms with E-state index in [4.69, 9.17) is 10.5 Å². The van der Waals surface area contributed by atoms with Crippen LogP contribution in [0.5, 0.6) is 5.75 Å². The van der Waals surface area contributed by atoms with E-state index in [-0.39, 0.29) is 11.9 Å². The number of aliphatic imine (C=N–C) groups is 1. The van der Waals surface area contributed by atoms with Crippen LogP contribution in [0.15, 0.2) is 114 Å². The first-order valence-electron chi connectivity index (χ1n) is 12.5. The third kappa shape index (κ3) is 6.45. The summed E-state index contributed by atoms with van der Waals surface area (Å²) < 4.78 is 5.84. The van der Waals surface area contributed by atoms with Gasteiger partial charge in [-0.3, -0.25) is 14.7 Å². The van der Waals surface area contributed by atoms with Crippen LogP contribution in [0.25, 0.3) is 11.1 Å². The van der Waals surface area contributed by atoms with Gasteiger partial charge in [-0.05, 0) is 47.4 Å². The molecular formula is C32H30N4O2. The Labute approximate surface area is 223 Å². The smallest absolute Gasteiger partial charge is 0.237 e. The molecule has 1 aliphatic rings. The average molecular weight is 503 g/mol. The first kappa shape index (κ1) is 26.2. The highest BCUT2D eigenvalue weighted by atomic mass is 16.5. The van der Waals surface area contributed by atoms with Crippen molar-refractivity contribution >= 4 is 11.9 Å². The topological polar surface area (TPSA) is 91.7 Å². The molecule has 5 rings (SSSR count). The second-order valence-electron chi connectivity index (χ2n) is 8.78. The number of nitriles is 1. The molecular weight excluding hydrogens is 472 g/mol. The minimum atomic E-state index is -0.401. The van der Waals surface area contributed by atoms with Crippen LogP contribution in [0.1, 0.15) is 29.0 Å². The van der Waals surface area contributed by atoms with Crippen molar-refractivity contribution in [1.82, 2.24) is 4.90 Å². The van der Waals surface area contributed by atoms with Gasteiger partial charge in [-0.2, -0.15) is 5.26 Å². The lowest BCUT2D eigenvalue weighted by atomic mass is 9.89. The van der Waals surface area contributed by atoms with Gasteiger partial charge in [-0.1, -0.05) is 84.9 Å². The number of nitrogens with zero attached hydrogens (tertiary/aromatic N) is 3. The van der Waals surface area contributed by atoms with Gasteiger partial charge in [-0.15, -0.1) is 0 Å². The maximum absolute atomic E-state index is 13.7. The lowest BCUT2D eigenvalue weighted by Gasteiger charge is -2.30. The number of guanidine groups is 1. The molecule has 0 aromatic heterocycles. The fourth-order valence-electron chi connectivity index (χ4n) is 4.33. The second kappa shape index (κ2) is 12.9. The standard InChI is InChI=1S/C26H24N4O2.C6H6/c1-29-26(28)30(17-18-6-3-2-4-7-18)25(31)22-12-13-32-24-11-10-21(15-23(22)24)20-9-5-8-19(14-20)16-27;1-2-4-6-5-3-1/h2-11,14-15,22H,12-13,17H2,1H3,(H2,28,29);1-6H. The Morgan fingerprint density at radius 2 is 1.61 bits per heavy atom. The number of nitrogens with two attached hydrogens (primary N) is 1. The molecule has 1 atom stereocenters. The van der Waals surface area contributed by atoms with E-state index in [0.717, 1.165) is 22.3 Å². The first-order valence-corrected chi connectivity index (χ1v) is 12.5. The second-order valence-corrected chi connectivity index (χ2v) is 8.78. The molecule has 0 bridgehead atoms. The molecule has 4 aromatic rings. The zero-order chi connectivity index (χ0) is 26.7. The molecule has 4 aromatic carbocycles. The Balaban J connectivity index is 0.000000494. The molecule has 1 unspecified atom stereocenters. The van der Waals surface area contributed by atoms with Crippen molar-refractivity contribution < 1.29 is 9.53 Å². The van der Waals surface area contributed by atoms with Gasteiger partial charge in [0.25, 0.3) is 0 Å². The van der Waals surface area contributed by atoms with Gasteiger partial charge < -0.3 is 10.5 Å². The van der Waals surface area contributed by atoms with Crippen molar-refractivity contribution in [2.75, 3.05) is 13.7 Å². The maximum Gasteiger partial charge on any atom is 0.237 e. The van der Waals surface area contributed by atoms with Crippen LogP contribution < -0.4 is 10.5 Å². The van der Waals surface area contributed by atoms with Crippen LogP contribution in [0.4, 0.5) is 0 Å². The molecule has 0 saturated heterocycles. The van der Waals surface area contributed by atoms with Crippen LogP contribution in [-0.2, 0) is 11.3 Å². The molecule has 6 heteroatoms. The Morgan fingerprint density at radius 1 is 0.947 bits per heavy atom. The fraction of sp³-hybridized carbons (Fsp3) is 0.156. The third-order valence-corrected chi connectivity index (χ3v) is 6.29. The van der Waals surface area contributed by atoms with E-state index in [1.807, 2.05) is 103 Å². The van der Waals surface area contributed by atoms with Crippen LogP contribution in [0, 0.1) is 11.3 Å². The molecule has 0 fully saturated rings. The molecule has 0 spiro atoms. The largest absolute Gasteiger partial charge is 0.493 e. The normalized spacial score (nSPS) is 14.1. The molecule has 0 aliphatic carbocycles. The zero-order valence-electron chi connectivity index (χ0n) is 21.3. The minimum absolute atomic E-state index is 0.107. The SMILES string of the molecule is CN=C(N)N(Cc1ccccc1)C(=O)C1CCOc2ccc(-c3cccc(C#N)c3)cc21.c1ccccc1. The average Bonchev–Trinajstić information content (AvgIpc) is 3.00. The summed E-state index contributed by atoms with van der Waals surface area (Å²) in [6.07, 6.45) is 0.551. The molecule has 1 heterocycles. The number of hydrogen-bond acceptors (Lipinski definition) is 4. The van der Waals surface area contributed by atoms with Gasteiger partial charge in [0.05, 0.1) is 30.7 Å². The summed E-state index contributed by atoms with van der Waals surface area (Å²) in [5.74, 6) is 0.373. The number of carbonyl (C=O) groups is 1. The summed E-state index contributed by atoms with van der Waals surface area (Å²) >= 11 is 0. The number of rotatable bonds is 4. The van der Waals surface area contributed by atoms with Gasteiger partial charge in [0, 0.05) is 12.6 Å². The van der Waals surface area contributed by atoms with Gasteiger partial charge in [0.1, 0.15) is 5.75 Å². The highest BCUT2D eigenvalue weighted by Crippen LogP contribution is 2.38. The highest BCUT2D eigenvalue weighted by molar-refractivity contribution is 5.99. The van der Waals surface area contributed by atoms with Crippen molar-refractivity contribution in [1.29, 1.82) is 5.26 Å². The first-order chi connectivity index (χ1) is 18.6. The number of ether oxygens (including phenoxy) is 1. The number of benzene rings is 4. The number of hydrogen-bond donors (Lipinski definition) is 1. The van der Waals surface area contributed by atoms with Gasteiger partial charge in [0.2, 0.25) is 5.91 Å². The Bertz CT molecular complexity index is 1400. The summed E-state index contributed by atoms with van der Waals surface area (Å²) in [6.45, 7) is 0.800. The predicted octanol–water partition coefficient (Wildman–Crippen LogP) is 5.75. The fourth-order valence-corrected chi connectivity index (χ4v) is 4.33. The van der Waals surface area contributed by atoms with E-state index < -0.39 is 5.92 Å². The van der Waals surface area contributed by atoms with Crippen LogP contribution >= 0.6 is 0 Å². The zero-order valence-corrected chi connectivity index (χ0v) is 21.3. The van der Waals surface area contributed by atoms with E-state index in [1.54, 1.807) is 13.1 Å². The maximum atomic E-state index is 13.7. The molecule has 1 amide bonds. The third-order valence-electron chi connectivity index (χ3n) is 6.29. The number of carbonyl (C=O) groups excluding carboxylic acids is 1. The number of amides is 1. The molecule has 6 nitrogen and oxygen atoms in total. The van der Waals surface area contributed by atoms with Crippen LogP contribution in [-0.4, -0.2) is 30.4 Å². The number of fused-ring (bicyclic) bond motifs is 1. The Morgan fingerprint density at radius 3 is 2.26 bits per heavy atom. The van der Waals surface area contributed by atoms with Crippen molar-refractivity contribution in [3.05, 3.63) is 126 Å². The van der Waals surface area contributed by atoms with E-state index in [0.29, 0.717) is 30.9 Å². The summed E-state index contributed by atoms with van der Waals surface area (Å²) in [4.78, 5) is 19.3. The van der Waals surface area contributed by atoms with E-state index in [9.17, 15) is 10.1 Å². The van der Waals surface area contributed by atoms with E-state index in [1.165, 1.54) is 4.90 Å².